The summed E-state index contributed by atoms with van der Waals surface area (Å²) in [6, 6.07) is 3.18. The molecule has 2 aliphatic rings. The highest BCUT2D eigenvalue weighted by Crippen LogP contribution is 2.45. The van der Waals surface area contributed by atoms with Gasteiger partial charge in [0.1, 0.15) is 0 Å². The number of hydrogen-bond acceptors (Lipinski definition) is 2. The molecule has 1 aromatic heterocycles. The Hall–Kier alpha value is -0.340. The predicted octanol–water partition coefficient (Wildman–Crippen LogP) is 4.56. The van der Waals surface area contributed by atoms with Gasteiger partial charge in [-0.15, -0.1) is 11.3 Å². The van der Waals surface area contributed by atoms with Crippen LogP contribution >= 0.6 is 11.3 Å². The van der Waals surface area contributed by atoms with E-state index >= 15 is 0 Å². The monoisotopic (exact) mass is 249 g/mol. The second-order valence-electron chi connectivity index (χ2n) is 6.58. The summed E-state index contributed by atoms with van der Waals surface area (Å²) >= 11 is 1.99. The molecule has 2 fully saturated rings. The average Bonchev–Trinajstić information content (AvgIpc) is 2.82. The molecule has 2 heterocycles. The average molecular weight is 249 g/mol. The Bertz CT molecular complexity index is 397. The third kappa shape index (κ3) is 2.30. The lowest BCUT2D eigenvalue weighted by atomic mass is 10.0. The van der Waals surface area contributed by atoms with Crippen LogP contribution in [0.1, 0.15) is 68.9 Å². The van der Waals surface area contributed by atoms with Crippen LogP contribution in [-0.2, 0) is 0 Å². The highest BCUT2D eigenvalue weighted by atomic mass is 32.1. The van der Waals surface area contributed by atoms with E-state index in [0.29, 0.717) is 11.6 Å². The maximum absolute atomic E-state index is 2.69. The van der Waals surface area contributed by atoms with Gasteiger partial charge in [-0.2, -0.15) is 0 Å². The molecule has 1 saturated carbocycles. The Balaban J connectivity index is 1.81. The van der Waals surface area contributed by atoms with E-state index in [1.54, 1.807) is 10.4 Å². The van der Waals surface area contributed by atoms with E-state index < -0.39 is 0 Å². The molecule has 94 valence electrons. The molecule has 17 heavy (non-hydrogen) atoms. The molecule has 0 bridgehead atoms. The first kappa shape index (κ1) is 11.7. The number of hydrogen-bond donors (Lipinski definition) is 0. The van der Waals surface area contributed by atoms with Crippen LogP contribution in [-0.4, -0.2) is 17.0 Å². The number of thiophene rings is 1. The van der Waals surface area contributed by atoms with Gasteiger partial charge in [-0.3, -0.25) is 4.90 Å². The molecule has 1 unspecified atom stereocenters. The van der Waals surface area contributed by atoms with Gasteiger partial charge < -0.3 is 0 Å². The van der Waals surface area contributed by atoms with Gasteiger partial charge in [0.05, 0.1) is 0 Å². The minimum absolute atomic E-state index is 0.310. The maximum atomic E-state index is 2.69. The van der Waals surface area contributed by atoms with Crippen molar-refractivity contribution in [1.82, 2.24) is 4.90 Å². The van der Waals surface area contributed by atoms with E-state index in [0.717, 1.165) is 5.92 Å². The van der Waals surface area contributed by atoms with Crippen molar-refractivity contribution in [3.05, 3.63) is 21.9 Å². The van der Waals surface area contributed by atoms with E-state index in [1.807, 2.05) is 11.3 Å². The Morgan fingerprint density at radius 3 is 2.65 bits per heavy atom. The van der Waals surface area contributed by atoms with E-state index in [2.05, 4.69) is 37.1 Å². The Labute approximate surface area is 109 Å². The normalized spacial score (nSPS) is 26.6. The predicted molar refractivity (Wildman–Crippen MR) is 74.7 cm³/mol. The molecular weight excluding hydrogens is 226 g/mol. The lowest BCUT2D eigenvalue weighted by molar-refractivity contribution is 0.123. The highest BCUT2D eigenvalue weighted by Gasteiger charge is 2.35. The molecule has 1 aliphatic carbocycles. The van der Waals surface area contributed by atoms with Crippen molar-refractivity contribution in [2.45, 2.75) is 64.0 Å². The fraction of sp³-hybridized carbons (Fsp3) is 0.733. The lowest BCUT2D eigenvalue weighted by Gasteiger charge is -2.36. The van der Waals surface area contributed by atoms with Crippen molar-refractivity contribution in [1.29, 1.82) is 0 Å². The second kappa shape index (κ2) is 4.10. The molecular formula is C15H23NS. The van der Waals surface area contributed by atoms with Crippen LogP contribution in [0.3, 0.4) is 0 Å². The van der Waals surface area contributed by atoms with Crippen LogP contribution in [0.4, 0.5) is 0 Å². The minimum atomic E-state index is 0.310. The van der Waals surface area contributed by atoms with E-state index in [9.17, 15) is 0 Å². The highest BCUT2D eigenvalue weighted by molar-refractivity contribution is 7.10. The Kier molecular flexibility index (Phi) is 2.83. The zero-order chi connectivity index (χ0) is 12.0. The Morgan fingerprint density at radius 1 is 1.24 bits per heavy atom. The van der Waals surface area contributed by atoms with Gasteiger partial charge in [-0.05, 0) is 75.9 Å². The molecule has 1 aliphatic heterocycles. The second-order valence-corrected chi connectivity index (χ2v) is 7.52. The summed E-state index contributed by atoms with van der Waals surface area (Å²) in [4.78, 5) is 4.30. The summed E-state index contributed by atoms with van der Waals surface area (Å²) in [6.07, 6.45) is 5.55. The van der Waals surface area contributed by atoms with Gasteiger partial charge in [-0.25, -0.2) is 0 Å². The van der Waals surface area contributed by atoms with Crippen molar-refractivity contribution in [3.8, 4) is 0 Å². The summed E-state index contributed by atoms with van der Waals surface area (Å²) in [5.41, 5.74) is 1.93. The first-order valence-corrected chi connectivity index (χ1v) is 7.79. The third-order valence-electron chi connectivity index (χ3n) is 4.13. The quantitative estimate of drug-likeness (QED) is 0.742. The third-order valence-corrected chi connectivity index (χ3v) is 5.18. The number of nitrogens with zero attached hydrogens (tertiary/aromatic N) is 1. The molecule has 0 aromatic carbocycles. The fourth-order valence-electron chi connectivity index (χ4n) is 3.04. The first-order valence-electron chi connectivity index (χ1n) is 6.91. The van der Waals surface area contributed by atoms with Gasteiger partial charge in [0.25, 0.3) is 0 Å². The van der Waals surface area contributed by atoms with Crippen LogP contribution in [0, 0.1) is 0 Å². The fourth-order valence-corrected chi connectivity index (χ4v) is 4.18. The molecule has 0 amide bonds. The first-order chi connectivity index (χ1) is 8.05. The van der Waals surface area contributed by atoms with Gasteiger partial charge in [0, 0.05) is 16.5 Å². The summed E-state index contributed by atoms with van der Waals surface area (Å²) < 4.78 is 0. The van der Waals surface area contributed by atoms with Gasteiger partial charge >= 0.3 is 0 Å². The van der Waals surface area contributed by atoms with E-state index in [1.165, 1.54) is 32.2 Å². The SMILES string of the molecule is CC(C)(C)N1CCCC1c1cc(C2CC2)cs1. The largest absolute Gasteiger partial charge is 0.291 e. The zero-order valence-electron chi connectivity index (χ0n) is 11.2. The summed E-state index contributed by atoms with van der Waals surface area (Å²) in [5, 5.41) is 2.41. The van der Waals surface area contributed by atoms with Crippen LogP contribution in [0.5, 0.6) is 0 Å². The topological polar surface area (TPSA) is 3.24 Å². The van der Waals surface area contributed by atoms with Gasteiger partial charge in [0.2, 0.25) is 0 Å². The van der Waals surface area contributed by atoms with Gasteiger partial charge in [-0.1, -0.05) is 0 Å². The smallest absolute Gasteiger partial charge is 0.0447 e. The van der Waals surface area contributed by atoms with Crippen molar-refractivity contribution in [3.63, 3.8) is 0 Å². The summed E-state index contributed by atoms with van der Waals surface area (Å²) in [6.45, 7) is 8.31. The molecule has 1 aromatic rings. The molecule has 1 nitrogen and oxygen atoms in total. The Morgan fingerprint density at radius 2 is 2.00 bits per heavy atom. The molecule has 2 heteroatoms. The van der Waals surface area contributed by atoms with E-state index in [4.69, 9.17) is 0 Å². The number of rotatable bonds is 2. The van der Waals surface area contributed by atoms with Crippen molar-refractivity contribution < 1.29 is 0 Å². The maximum Gasteiger partial charge on any atom is 0.0447 e. The molecule has 0 radical (unpaired) electrons. The summed E-state index contributed by atoms with van der Waals surface area (Å²) in [5.74, 6) is 0.907. The van der Waals surface area contributed by atoms with Crippen LogP contribution < -0.4 is 0 Å². The summed E-state index contributed by atoms with van der Waals surface area (Å²) in [7, 11) is 0. The van der Waals surface area contributed by atoms with Crippen molar-refractivity contribution in [2.75, 3.05) is 6.54 Å². The van der Waals surface area contributed by atoms with Crippen molar-refractivity contribution >= 4 is 11.3 Å². The molecule has 0 N–H and O–H groups in total. The number of likely N-dealkylation sites (tertiary alicyclic amines) is 1. The molecule has 1 atom stereocenters. The van der Waals surface area contributed by atoms with Crippen molar-refractivity contribution in [2.24, 2.45) is 0 Å². The molecule has 0 spiro atoms. The minimum Gasteiger partial charge on any atom is -0.291 e. The van der Waals surface area contributed by atoms with Crippen LogP contribution in [0.2, 0.25) is 0 Å². The van der Waals surface area contributed by atoms with E-state index in [-0.39, 0.29) is 0 Å². The molecule has 3 rings (SSSR count). The lowest BCUT2D eigenvalue weighted by Crippen LogP contribution is -2.40. The van der Waals surface area contributed by atoms with Crippen LogP contribution in [0.25, 0.3) is 0 Å². The van der Waals surface area contributed by atoms with Gasteiger partial charge in [0.15, 0.2) is 0 Å². The standard InChI is InChI=1S/C15H23NS/c1-15(2,3)16-8-4-5-13(16)14-9-12(10-17-14)11-6-7-11/h9-11,13H,4-8H2,1-3H3. The molecule has 1 saturated heterocycles. The zero-order valence-corrected chi connectivity index (χ0v) is 12.0. The van der Waals surface area contributed by atoms with Crippen LogP contribution in [0.15, 0.2) is 11.4 Å².